The number of ether oxygens (including phenoxy) is 1. The zero-order valence-corrected chi connectivity index (χ0v) is 20.9. The normalized spacial score (nSPS) is 18.2. The summed E-state index contributed by atoms with van der Waals surface area (Å²) in [6.07, 6.45) is 7.33. The fourth-order valence-corrected chi connectivity index (χ4v) is 5.37. The van der Waals surface area contributed by atoms with E-state index in [4.69, 9.17) is 4.74 Å². The Morgan fingerprint density at radius 3 is 2.53 bits per heavy atom. The molecule has 188 valence electrons. The van der Waals surface area contributed by atoms with Crippen molar-refractivity contribution in [1.82, 2.24) is 9.80 Å². The number of nitrogens with zero attached hydrogens (tertiary/aromatic N) is 2. The zero-order valence-electron chi connectivity index (χ0n) is 20.9. The fourth-order valence-electron chi connectivity index (χ4n) is 5.37. The summed E-state index contributed by atoms with van der Waals surface area (Å²) >= 11 is 0. The molecule has 5 nitrogen and oxygen atoms in total. The average molecular weight is 485 g/mol. The number of rotatable bonds is 8. The van der Waals surface area contributed by atoms with Gasteiger partial charge in [0.25, 0.3) is 0 Å². The zero-order chi connectivity index (χ0) is 24.7. The van der Waals surface area contributed by atoms with Crippen molar-refractivity contribution in [3.05, 3.63) is 83.9 Å². The van der Waals surface area contributed by atoms with Crippen LogP contribution in [-0.4, -0.2) is 66.2 Å². The summed E-state index contributed by atoms with van der Waals surface area (Å²) < 4.78 is 5.88. The summed E-state index contributed by atoms with van der Waals surface area (Å²) in [5.74, 6) is 1.35. The van der Waals surface area contributed by atoms with E-state index in [1.54, 1.807) is 6.08 Å². The van der Waals surface area contributed by atoms with Gasteiger partial charge in [0.05, 0.1) is 0 Å². The van der Waals surface area contributed by atoms with Gasteiger partial charge in [0.2, 0.25) is 5.91 Å². The van der Waals surface area contributed by atoms with E-state index in [1.807, 2.05) is 35.2 Å². The number of β-amino-alcohol motifs (C(OH)–C–C–N with tert-alkyl or cyclic N) is 1. The summed E-state index contributed by atoms with van der Waals surface area (Å²) in [6.45, 7) is 4.55. The smallest absolute Gasteiger partial charge is 0.246 e. The van der Waals surface area contributed by atoms with E-state index in [0.717, 1.165) is 57.4 Å². The van der Waals surface area contributed by atoms with E-state index in [0.29, 0.717) is 18.2 Å². The molecule has 1 amide bonds. The molecule has 1 atom stereocenters. The van der Waals surface area contributed by atoms with E-state index in [1.165, 1.54) is 16.3 Å². The topological polar surface area (TPSA) is 53.0 Å². The molecular formula is C31H36N2O3. The Hall–Kier alpha value is -3.15. The van der Waals surface area contributed by atoms with Crippen molar-refractivity contribution in [2.75, 3.05) is 39.3 Å². The van der Waals surface area contributed by atoms with Crippen LogP contribution in [0.5, 0.6) is 5.75 Å². The van der Waals surface area contributed by atoms with Crippen LogP contribution in [0.1, 0.15) is 42.7 Å². The molecule has 2 saturated heterocycles. The Morgan fingerprint density at radius 2 is 1.72 bits per heavy atom. The van der Waals surface area contributed by atoms with E-state index in [2.05, 4.69) is 47.4 Å². The van der Waals surface area contributed by atoms with Gasteiger partial charge in [0.15, 0.2) is 0 Å². The van der Waals surface area contributed by atoms with Crippen LogP contribution >= 0.6 is 0 Å². The number of carbonyl (C=O) groups is 1. The lowest BCUT2D eigenvalue weighted by molar-refractivity contribution is -0.124. The number of aliphatic hydroxyl groups excluding tert-OH is 1. The molecule has 2 aliphatic rings. The van der Waals surface area contributed by atoms with Crippen LogP contribution < -0.4 is 4.74 Å². The van der Waals surface area contributed by atoms with Crippen LogP contribution in [-0.2, 0) is 4.79 Å². The molecular weight excluding hydrogens is 448 g/mol. The predicted octanol–water partition coefficient (Wildman–Crippen LogP) is 5.09. The maximum Gasteiger partial charge on any atom is 0.246 e. The second-order valence-electron chi connectivity index (χ2n) is 10.1. The predicted molar refractivity (Wildman–Crippen MR) is 145 cm³/mol. The van der Waals surface area contributed by atoms with Crippen molar-refractivity contribution in [3.63, 3.8) is 0 Å². The minimum Gasteiger partial charge on any atom is -0.491 e. The van der Waals surface area contributed by atoms with Crippen molar-refractivity contribution in [2.24, 2.45) is 0 Å². The molecule has 1 N–H and O–H groups in total. The summed E-state index contributed by atoms with van der Waals surface area (Å²) in [7, 11) is 0. The van der Waals surface area contributed by atoms with Crippen molar-refractivity contribution in [3.8, 4) is 5.75 Å². The Morgan fingerprint density at radius 1 is 0.944 bits per heavy atom. The first-order chi connectivity index (χ1) is 17.6. The first kappa shape index (κ1) is 24.5. The Balaban J connectivity index is 1.07. The van der Waals surface area contributed by atoms with Gasteiger partial charge in [-0.25, -0.2) is 0 Å². The molecule has 0 bridgehead atoms. The second-order valence-corrected chi connectivity index (χ2v) is 10.1. The summed E-state index contributed by atoms with van der Waals surface area (Å²) in [5.41, 5.74) is 2.35. The van der Waals surface area contributed by atoms with Crippen molar-refractivity contribution in [2.45, 2.75) is 37.7 Å². The molecule has 2 aliphatic heterocycles. The van der Waals surface area contributed by atoms with Gasteiger partial charge < -0.3 is 19.6 Å². The molecule has 5 rings (SSSR count). The van der Waals surface area contributed by atoms with E-state index < -0.39 is 6.10 Å². The third kappa shape index (κ3) is 6.34. The number of piperidine rings is 1. The quantitative estimate of drug-likeness (QED) is 0.452. The summed E-state index contributed by atoms with van der Waals surface area (Å²) in [5, 5.41) is 13.2. The lowest BCUT2D eigenvalue weighted by Crippen LogP contribution is -2.40. The van der Waals surface area contributed by atoms with Gasteiger partial charge in [-0.05, 0) is 84.8 Å². The van der Waals surface area contributed by atoms with Gasteiger partial charge in [-0.2, -0.15) is 0 Å². The van der Waals surface area contributed by atoms with Gasteiger partial charge >= 0.3 is 0 Å². The molecule has 5 heteroatoms. The number of aliphatic hydroxyl groups is 1. The maximum absolute atomic E-state index is 12.2. The molecule has 0 radical (unpaired) electrons. The van der Waals surface area contributed by atoms with Crippen LogP contribution in [0.15, 0.2) is 72.8 Å². The minimum atomic E-state index is -0.543. The number of benzene rings is 3. The van der Waals surface area contributed by atoms with Crippen LogP contribution in [0.25, 0.3) is 16.8 Å². The highest BCUT2D eigenvalue weighted by atomic mass is 16.5. The highest BCUT2D eigenvalue weighted by Gasteiger charge is 2.22. The molecule has 1 unspecified atom stereocenters. The molecule has 3 aromatic rings. The molecule has 2 fully saturated rings. The van der Waals surface area contributed by atoms with Crippen LogP contribution in [0.4, 0.5) is 0 Å². The van der Waals surface area contributed by atoms with Crippen LogP contribution in [0, 0.1) is 0 Å². The monoisotopic (exact) mass is 484 g/mol. The highest BCUT2D eigenvalue weighted by molar-refractivity contribution is 5.92. The third-order valence-corrected chi connectivity index (χ3v) is 7.44. The summed E-state index contributed by atoms with van der Waals surface area (Å²) in [6, 6.07) is 23.0. The molecule has 3 aromatic carbocycles. The molecule has 0 saturated carbocycles. The van der Waals surface area contributed by atoms with E-state index in [9.17, 15) is 9.90 Å². The number of amides is 1. The maximum atomic E-state index is 12.2. The number of hydrogen-bond donors (Lipinski definition) is 1. The molecule has 0 spiro atoms. The Labute approximate surface area is 214 Å². The fraction of sp³-hybridized carbons (Fsp3) is 0.387. The standard InChI is InChI=1S/C31H36N2O3/c34-29(23-36-30-9-5-6-24(20-30)10-13-31(35)33-16-3-4-17-33)22-32-18-14-26(15-19-32)28-12-11-25-7-1-2-8-27(25)21-28/h1-2,5-13,20-21,26,29,34H,3-4,14-19,22-23H2. The van der Waals surface area contributed by atoms with E-state index in [-0.39, 0.29) is 12.5 Å². The van der Waals surface area contributed by atoms with Crippen molar-refractivity contribution < 1.29 is 14.6 Å². The first-order valence-electron chi connectivity index (χ1n) is 13.2. The lowest BCUT2D eigenvalue weighted by Gasteiger charge is -2.33. The van der Waals surface area contributed by atoms with Gasteiger partial charge in [-0.15, -0.1) is 0 Å². The molecule has 0 aliphatic carbocycles. The van der Waals surface area contributed by atoms with Crippen LogP contribution in [0.3, 0.4) is 0 Å². The van der Waals surface area contributed by atoms with Gasteiger partial charge in [0, 0.05) is 25.7 Å². The largest absolute Gasteiger partial charge is 0.491 e. The number of fused-ring (bicyclic) bond motifs is 1. The molecule has 2 heterocycles. The van der Waals surface area contributed by atoms with E-state index >= 15 is 0 Å². The number of likely N-dealkylation sites (tertiary alicyclic amines) is 2. The van der Waals surface area contributed by atoms with Gasteiger partial charge in [0.1, 0.15) is 18.5 Å². The Kier molecular flexibility index (Phi) is 7.99. The van der Waals surface area contributed by atoms with Crippen LogP contribution in [0.2, 0.25) is 0 Å². The van der Waals surface area contributed by atoms with Gasteiger partial charge in [-0.3, -0.25) is 4.79 Å². The second kappa shape index (κ2) is 11.7. The molecule has 0 aromatic heterocycles. The first-order valence-corrected chi connectivity index (χ1v) is 13.2. The number of carbonyl (C=O) groups excluding carboxylic acids is 1. The lowest BCUT2D eigenvalue weighted by atomic mass is 9.88. The highest BCUT2D eigenvalue weighted by Crippen LogP contribution is 2.30. The third-order valence-electron chi connectivity index (χ3n) is 7.44. The van der Waals surface area contributed by atoms with Gasteiger partial charge in [-0.1, -0.05) is 54.6 Å². The van der Waals surface area contributed by atoms with Crippen molar-refractivity contribution in [1.29, 1.82) is 0 Å². The SMILES string of the molecule is O=C(C=Cc1cccc(OCC(O)CN2CCC(c3ccc4ccccc4c3)CC2)c1)N1CCCC1. The minimum absolute atomic E-state index is 0.0682. The summed E-state index contributed by atoms with van der Waals surface area (Å²) in [4.78, 5) is 16.5. The molecule has 36 heavy (non-hydrogen) atoms. The number of hydrogen-bond acceptors (Lipinski definition) is 4. The Bertz CT molecular complexity index is 1190. The average Bonchev–Trinajstić information content (AvgIpc) is 3.46. The van der Waals surface area contributed by atoms with Crippen molar-refractivity contribution >= 4 is 22.8 Å².